The second-order valence-corrected chi connectivity index (χ2v) is 11.9. The van der Waals surface area contributed by atoms with E-state index in [1.807, 2.05) is 65.6 Å². The highest BCUT2D eigenvalue weighted by molar-refractivity contribution is 5.91. The van der Waals surface area contributed by atoms with Crippen molar-refractivity contribution in [2.75, 3.05) is 11.9 Å². The predicted molar refractivity (Wildman–Crippen MR) is 175 cm³/mol. The number of aromatic nitrogens is 3. The highest BCUT2D eigenvalue weighted by atomic mass is 16.3. The summed E-state index contributed by atoms with van der Waals surface area (Å²) >= 11 is 0. The molecule has 0 atom stereocenters. The lowest BCUT2D eigenvalue weighted by atomic mass is 9.94. The summed E-state index contributed by atoms with van der Waals surface area (Å²) in [6.45, 7) is 8.71. The Morgan fingerprint density at radius 3 is 2.45 bits per heavy atom. The number of carbonyl (C=O) groups excluding carboxylic acids is 1. The highest BCUT2D eigenvalue weighted by Crippen LogP contribution is 2.33. The minimum atomic E-state index is -0.902. The molecule has 0 fully saturated rings. The lowest BCUT2D eigenvalue weighted by Gasteiger charge is -2.30. The average Bonchev–Trinajstić information content (AvgIpc) is 3.04. The second kappa shape index (κ2) is 12.0. The van der Waals surface area contributed by atoms with Crippen LogP contribution in [0.4, 0.5) is 10.5 Å². The molecule has 3 heterocycles. The number of hydrogen-bond donors (Lipinski definition) is 2. The Hall–Kier alpha value is -4.88. The molecule has 222 valence electrons. The number of aryl methyl sites for hydroxylation is 2. The van der Waals surface area contributed by atoms with Gasteiger partial charge in [-0.1, -0.05) is 61.5 Å². The van der Waals surface area contributed by atoms with E-state index in [4.69, 9.17) is 9.97 Å². The van der Waals surface area contributed by atoms with Crippen molar-refractivity contribution < 1.29 is 9.90 Å². The molecule has 0 saturated carbocycles. The van der Waals surface area contributed by atoms with Crippen molar-refractivity contribution in [3.8, 4) is 33.8 Å². The molecule has 0 unspecified atom stereocenters. The summed E-state index contributed by atoms with van der Waals surface area (Å²) in [5.74, 6) is 0.646. The number of fused-ring (bicyclic) bond motifs is 1. The number of carbonyl (C=O) groups is 1. The van der Waals surface area contributed by atoms with Gasteiger partial charge in [0.05, 0.1) is 23.5 Å². The van der Waals surface area contributed by atoms with E-state index in [0.717, 1.165) is 68.0 Å². The minimum absolute atomic E-state index is 0.153. The Bertz CT molecular complexity index is 1810. The van der Waals surface area contributed by atoms with Crippen LogP contribution in [-0.4, -0.2) is 37.5 Å². The van der Waals surface area contributed by atoms with Gasteiger partial charge >= 0.3 is 6.03 Å². The Morgan fingerprint density at radius 1 is 0.955 bits per heavy atom. The summed E-state index contributed by atoms with van der Waals surface area (Å²) in [5, 5.41) is 13.5. The zero-order valence-electron chi connectivity index (χ0n) is 25.6. The van der Waals surface area contributed by atoms with Crippen molar-refractivity contribution in [1.29, 1.82) is 0 Å². The van der Waals surface area contributed by atoms with Crippen molar-refractivity contribution in [2.45, 2.75) is 52.7 Å². The van der Waals surface area contributed by atoms with Crippen LogP contribution in [-0.2, 0) is 25.0 Å². The fourth-order valence-corrected chi connectivity index (χ4v) is 5.68. The van der Waals surface area contributed by atoms with Crippen LogP contribution in [0.5, 0.6) is 0 Å². The number of anilines is 1. The Kier molecular flexibility index (Phi) is 7.97. The van der Waals surface area contributed by atoms with E-state index < -0.39 is 5.60 Å². The molecule has 2 amide bonds. The molecule has 6 rings (SSSR count). The average molecular weight is 584 g/mol. The molecule has 1 aliphatic rings. The molecular formula is C37H37N5O2. The van der Waals surface area contributed by atoms with Gasteiger partial charge < -0.3 is 15.3 Å². The summed E-state index contributed by atoms with van der Waals surface area (Å²) in [5.41, 5.74) is 9.70. The molecule has 0 saturated heterocycles. The van der Waals surface area contributed by atoms with Gasteiger partial charge in [-0.15, -0.1) is 0 Å². The standard InChI is InChI=1S/C37H37N5O2/c1-5-25-19-28(26-12-14-29(15-13-26)37(3,4)44)21-30(20-25)39-36(43)42-18-16-33-32(23-42)34(31-11-7-6-9-24(31)2)41-35(40-33)27-10-8-17-38-22-27/h6-15,17,19-22,44H,5,16,18,23H2,1-4H3,(H,39,43). The first-order valence-corrected chi connectivity index (χ1v) is 15.1. The smallest absolute Gasteiger partial charge is 0.322 e. The van der Waals surface area contributed by atoms with Crippen molar-refractivity contribution in [3.63, 3.8) is 0 Å². The topological polar surface area (TPSA) is 91.2 Å². The summed E-state index contributed by atoms with van der Waals surface area (Å²) < 4.78 is 0. The van der Waals surface area contributed by atoms with Crippen LogP contribution in [0.25, 0.3) is 33.8 Å². The summed E-state index contributed by atoms with van der Waals surface area (Å²) in [6, 6.07) is 26.0. The largest absolute Gasteiger partial charge is 0.386 e. The van der Waals surface area contributed by atoms with Crippen LogP contribution in [0.2, 0.25) is 0 Å². The molecule has 3 aromatic carbocycles. The van der Waals surface area contributed by atoms with E-state index in [1.165, 1.54) is 0 Å². The van der Waals surface area contributed by atoms with Gasteiger partial charge in [0.2, 0.25) is 0 Å². The highest BCUT2D eigenvalue weighted by Gasteiger charge is 2.27. The maximum atomic E-state index is 13.7. The molecule has 7 heteroatoms. The number of benzene rings is 3. The molecule has 1 aliphatic heterocycles. The second-order valence-electron chi connectivity index (χ2n) is 11.9. The van der Waals surface area contributed by atoms with Crippen LogP contribution in [0.1, 0.15) is 48.7 Å². The molecule has 0 aliphatic carbocycles. The van der Waals surface area contributed by atoms with Gasteiger partial charge in [-0.2, -0.15) is 0 Å². The van der Waals surface area contributed by atoms with E-state index >= 15 is 0 Å². The third-order valence-electron chi connectivity index (χ3n) is 8.24. The molecular weight excluding hydrogens is 546 g/mol. The lowest BCUT2D eigenvalue weighted by Crippen LogP contribution is -2.39. The van der Waals surface area contributed by atoms with Crippen LogP contribution in [0, 0.1) is 6.92 Å². The van der Waals surface area contributed by atoms with Gasteiger partial charge in [0.15, 0.2) is 5.82 Å². The van der Waals surface area contributed by atoms with Gasteiger partial charge in [-0.25, -0.2) is 14.8 Å². The molecule has 2 aromatic heterocycles. The molecule has 0 radical (unpaired) electrons. The number of hydrogen-bond acceptors (Lipinski definition) is 5. The maximum absolute atomic E-state index is 13.7. The quantitative estimate of drug-likeness (QED) is 0.215. The van der Waals surface area contributed by atoms with Crippen LogP contribution in [0.15, 0.2) is 91.3 Å². The van der Waals surface area contributed by atoms with Gasteiger partial charge in [0.25, 0.3) is 0 Å². The minimum Gasteiger partial charge on any atom is -0.386 e. The zero-order valence-corrected chi connectivity index (χ0v) is 25.6. The summed E-state index contributed by atoms with van der Waals surface area (Å²) in [6.07, 6.45) is 5.00. The first kappa shape index (κ1) is 29.2. The van der Waals surface area contributed by atoms with E-state index in [1.54, 1.807) is 26.2 Å². The lowest BCUT2D eigenvalue weighted by molar-refractivity contribution is 0.0786. The third kappa shape index (κ3) is 6.10. The Morgan fingerprint density at radius 2 is 1.75 bits per heavy atom. The van der Waals surface area contributed by atoms with E-state index in [9.17, 15) is 9.90 Å². The predicted octanol–water partition coefficient (Wildman–Crippen LogP) is 7.56. The normalized spacial score (nSPS) is 13.0. The number of nitrogens with one attached hydrogen (secondary N) is 1. The zero-order chi connectivity index (χ0) is 30.8. The third-order valence-corrected chi connectivity index (χ3v) is 8.24. The van der Waals surface area contributed by atoms with Gasteiger partial charge in [0.1, 0.15) is 0 Å². The van der Waals surface area contributed by atoms with Gasteiger partial charge in [-0.3, -0.25) is 4.98 Å². The van der Waals surface area contributed by atoms with Crippen molar-refractivity contribution >= 4 is 11.7 Å². The summed E-state index contributed by atoms with van der Waals surface area (Å²) in [7, 11) is 0. The first-order chi connectivity index (χ1) is 21.2. The number of urea groups is 1. The van der Waals surface area contributed by atoms with E-state index in [0.29, 0.717) is 25.3 Å². The van der Waals surface area contributed by atoms with Crippen molar-refractivity contribution in [3.05, 3.63) is 119 Å². The molecule has 44 heavy (non-hydrogen) atoms. The Labute approximate surface area is 258 Å². The maximum Gasteiger partial charge on any atom is 0.322 e. The number of nitrogens with zero attached hydrogens (tertiary/aromatic N) is 4. The van der Waals surface area contributed by atoms with Crippen LogP contribution < -0.4 is 5.32 Å². The summed E-state index contributed by atoms with van der Waals surface area (Å²) in [4.78, 5) is 29.8. The fourth-order valence-electron chi connectivity index (χ4n) is 5.68. The van der Waals surface area contributed by atoms with Crippen molar-refractivity contribution in [1.82, 2.24) is 19.9 Å². The molecule has 7 nitrogen and oxygen atoms in total. The number of rotatable bonds is 6. The Balaban J connectivity index is 1.29. The number of pyridine rings is 1. The van der Waals surface area contributed by atoms with Crippen molar-refractivity contribution in [2.24, 2.45) is 0 Å². The van der Waals surface area contributed by atoms with Gasteiger partial charge in [-0.05, 0) is 79.3 Å². The number of aliphatic hydroxyl groups is 1. The van der Waals surface area contributed by atoms with E-state index in [-0.39, 0.29) is 6.03 Å². The monoisotopic (exact) mass is 583 g/mol. The van der Waals surface area contributed by atoms with E-state index in [2.05, 4.69) is 42.3 Å². The first-order valence-electron chi connectivity index (χ1n) is 15.1. The van der Waals surface area contributed by atoms with Crippen LogP contribution >= 0.6 is 0 Å². The van der Waals surface area contributed by atoms with Crippen LogP contribution in [0.3, 0.4) is 0 Å². The fraction of sp³-hybridized carbons (Fsp3) is 0.243. The molecule has 5 aromatic rings. The number of amides is 2. The molecule has 0 bridgehead atoms. The van der Waals surface area contributed by atoms with Gasteiger partial charge in [0, 0.05) is 47.7 Å². The SMILES string of the molecule is CCc1cc(NC(=O)N2CCc3nc(-c4cccnc4)nc(-c4ccccc4C)c3C2)cc(-c2ccc(C(C)(C)O)cc2)c1. The molecule has 0 spiro atoms. The molecule has 2 N–H and O–H groups in total.